The van der Waals surface area contributed by atoms with Crippen molar-refractivity contribution >= 4 is 51.6 Å². The van der Waals surface area contributed by atoms with E-state index in [1.54, 1.807) is 33.3 Å². The van der Waals surface area contributed by atoms with Gasteiger partial charge in [-0.05, 0) is 60.7 Å². The lowest BCUT2D eigenvalue weighted by atomic mass is 10.1. The van der Waals surface area contributed by atoms with Gasteiger partial charge in [0.1, 0.15) is 43.2 Å². The molecule has 2 unspecified atom stereocenters. The van der Waals surface area contributed by atoms with Gasteiger partial charge in [0.05, 0.1) is 17.3 Å². The molecule has 2 aromatic heterocycles. The zero-order valence-corrected chi connectivity index (χ0v) is 27.4. The molecule has 0 saturated carbocycles. The minimum absolute atomic E-state index is 0.278. The summed E-state index contributed by atoms with van der Waals surface area (Å²) in [5, 5.41) is 9.42. The van der Waals surface area contributed by atoms with Crippen LogP contribution in [0.3, 0.4) is 0 Å². The fourth-order valence-corrected chi connectivity index (χ4v) is 6.85. The van der Waals surface area contributed by atoms with Crippen LogP contribution in [0.5, 0.6) is 5.75 Å². The molecule has 0 bridgehead atoms. The number of ether oxygens (including phenoxy) is 3. The van der Waals surface area contributed by atoms with Crippen LogP contribution in [0.1, 0.15) is 5.56 Å². The second-order valence-electron chi connectivity index (χ2n) is 11.1. The Bertz CT molecular complexity index is 1820. The van der Waals surface area contributed by atoms with Crippen molar-refractivity contribution < 1.29 is 14.2 Å². The molecule has 11 nitrogen and oxygen atoms in total. The summed E-state index contributed by atoms with van der Waals surface area (Å²) in [5.41, 5.74) is 5.77. The Balaban J connectivity index is 0.930. The first-order chi connectivity index (χ1) is 22.4. The molecule has 2 saturated heterocycles. The average molecular weight is 680 g/mol. The number of halogens is 2. The third-order valence-electron chi connectivity index (χ3n) is 8.05. The molecule has 2 atom stereocenters. The second kappa shape index (κ2) is 13.4. The number of rotatable bonds is 9. The van der Waals surface area contributed by atoms with Gasteiger partial charge in [-0.15, -0.1) is 0 Å². The topological polar surface area (TPSA) is 95.1 Å². The summed E-state index contributed by atoms with van der Waals surface area (Å²) >= 11 is 14.3. The monoisotopic (exact) mass is 678 g/mol. The summed E-state index contributed by atoms with van der Waals surface area (Å²) in [4.78, 5) is 14.4. The maximum Gasteiger partial charge on any atom is 0.217 e. The minimum Gasteiger partial charge on any atom is -0.491 e. The highest BCUT2D eigenvalue weighted by Crippen LogP contribution is 2.40. The number of nitrogens with zero attached hydrogens (tertiary/aromatic N) is 8. The van der Waals surface area contributed by atoms with Gasteiger partial charge in [0.2, 0.25) is 10.6 Å². The van der Waals surface area contributed by atoms with Gasteiger partial charge < -0.3 is 24.0 Å². The second-order valence-corrected chi connectivity index (χ2v) is 12.7. The lowest BCUT2D eigenvalue weighted by Gasteiger charge is -2.37. The van der Waals surface area contributed by atoms with Crippen LogP contribution in [0.2, 0.25) is 10.0 Å². The molecule has 2 fully saturated rings. The SMILES string of the molecule is Cn1ncs/c1=N\c1ccc(N2CCN(c3ccc(OCC4COC(Cn5cncn5)(c5ccc(Cl)cc5Cl)O4)cc3)CC2)cc1. The number of anilines is 2. The largest absolute Gasteiger partial charge is 0.491 e. The lowest BCUT2D eigenvalue weighted by Crippen LogP contribution is -2.46. The zero-order valence-electron chi connectivity index (χ0n) is 25.1. The van der Waals surface area contributed by atoms with E-state index in [9.17, 15) is 0 Å². The van der Waals surface area contributed by atoms with Gasteiger partial charge in [-0.3, -0.25) is 0 Å². The number of piperazine rings is 1. The maximum atomic E-state index is 6.58. The molecule has 4 heterocycles. The summed E-state index contributed by atoms with van der Waals surface area (Å²) in [5.74, 6) is -0.380. The molecule has 0 aliphatic carbocycles. The molecule has 0 amide bonds. The number of aryl methyl sites for hydroxylation is 1. The predicted molar refractivity (Wildman–Crippen MR) is 178 cm³/mol. The molecule has 0 radical (unpaired) electrons. The fourth-order valence-electron chi connectivity index (χ4n) is 5.66. The Morgan fingerprint density at radius 2 is 1.67 bits per heavy atom. The highest BCUT2D eigenvalue weighted by molar-refractivity contribution is 7.06. The van der Waals surface area contributed by atoms with Crippen molar-refractivity contribution in [1.29, 1.82) is 0 Å². The van der Waals surface area contributed by atoms with Gasteiger partial charge in [0, 0.05) is 55.2 Å². The number of benzene rings is 3. The molecule has 5 aromatic rings. The standard InChI is InChI=1S/C32H32Cl2N8O3S/c1-39-31(46-22-37-39)38-24-3-5-25(6-4-24)40-12-14-41(15-13-40)26-7-9-27(10-8-26)43-17-28-18-44-32(45-28,19-42-21-35-20-36-42)29-11-2-23(33)16-30(29)34/h2-11,16,20-22,28H,12-15,17-19H2,1H3/b38-31-. The Kier molecular flexibility index (Phi) is 8.96. The van der Waals surface area contributed by atoms with Crippen molar-refractivity contribution in [3.05, 3.63) is 105 Å². The van der Waals surface area contributed by atoms with Crippen molar-refractivity contribution in [3.63, 3.8) is 0 Å². The fraction of sp³-hybridized carbons (Fsp3) is 0.312. The van der Waals surface area contributed by atoms with E-state index in [-0.39, 0.29) is 12.6 Å². The number of hydrogen-bond donors (Lipinski definition) is 0. The van der Waals surface area contributed by atoms with Crippen LogP contribution in [-0.4, -0.2) is 70.0 Å². The van der Waals surface area contributed by atoms with Crippen LogP contribution in [0, 0.1) is 0 Å². The van der Waals surface area contributed by atoms with Crippen LogP contribution in [-0.2, 0) is 28.9 Å². The molecular formula is C32H32Cl2N8O3S. The third-order valence-corrected chi connectivity index (χ3v) is 9.36. The van der Waals surface area contributed by atoms with Crippen LogP contribution >= 0.6 is 34.5 Å². The van der Waals surface area contributed by atoms with Crippen LogP contribution in [0.25, 0.3) is 0 Å². The van der Waals surface area contributed by atoms with Gasteiger partial charge in [-0.1, -0.05) is 40.6 Å². The smallest absolute Gasteiger partial charge is 0.217 e. The molecule has 238 valence electrons. The molecule has 0 N–H and O–H groups in total. The third kappa shape index (κ3) is 6.76. The van der Waals surface area contributed by atoms with E-state index >= 15 is 0 Å². The Morgan fingerprint density at radius 1 is 0.957 bits per heavy atom. The zero-order chi connectivity index (χ0) is 31.5. The quantitative estimate of drug-likeness (QED) is 0.208. The molecule has 3 aromatic carbocycles. The van der Waals surface area contributed by atoms with Crippen molar-refractivity contribution in [2.45, 2.75) is 18.4 Å². The van der Waals surface area contributed by atoms with Gasteiger partial charge in [0.25, 0.3) is 0 Å². The van der Waals surface area contributed by atoms with E-state index in [2.05, 4.69) is 66.4 Å². The van der Waals surface area contributed by atoms with Crippen molar-refractivity contribution in [2.75, 3.05) is 49.2 Å². The van der Waals surface area contributed by atoms with Crippen molar-refractivity contribution in [1.82, 2.24) is 24.5 Å². The Morgan fingerprint density at radius 3 is 2.30 bits per heavy atom. The lowest BCUT2D eigenvalue weighted by molar-refractivity contribution is -0.190. The Hall–Kier alpha value is -3.94. The maximum absolute atomic E-state index is 6.58. The summed E-state index contributed by atoms with van der Waals surface area (Å²) < 4.78 is 22.3. The van der Waals surface area contributed by atoms with Gasteiger partial charge in [-0.2, -0.15) is 10.2 Å². The average Bonchev–Trinajstić information content (AvgIpc) is 3.84. The summed E-state index contributed by atoms with van der Waals surface area (Å²) in [6.07, 6.45) is 2.77. The van der Waals surface area contributed by atoms with Crippen molar-refractivity contribution in [2.24, 2.45) is 12.0 Å². The minimum atomic E-state index is -1.15. The molecule has 46 heavy (non-hydrogen) atoms. The molecule has 2 aliphatic rings. The van der Waals surface area contributed by atoms with Gasteiger partial charge in [0.15, 0.2) is 0 Å². The van der Waals surface area contributed by atoms with E-state index < -0.39 is 5.79 Å². The van der Waals surface area contributed by atoms with E-state index in [0.29, 0.717) is 28.8 Å². The van der Waals surface area contributed by atoms with Crippen LogP contribution < -0.4 is 19.3 Å². The first-order valence-corrected chi connectivity index (χ1v) is 16.5. The van der Waals surface area contributed by atoms with E-state index in [1.165, 1.54) is 29.0 Å². The summed E-state index contributed by atoms with van der Waals surface area (Å²) in [6.45, 7) is 4.65. The Labute approximate surface area is 280 Å². The first-order valence-electron chi connectivity index (χ1n) is 14.9. The molecule has 2 aliphatic heterocycles. The molecule has 7 rings (SSSR count). The highest BCUT2D eigenvalue weighted by Gasteiger charge is 2.45. The normalized spacial score (nSPS) is 20.4. The van der Waals surface area contributed by atoms with Crippen LogP contribution in [0.4, 0.5) is 17.1 Å². The summed E-state index contributed by atoms with van der Waals surface area (Å²) in [6, 6.07) is 21.9. The van der Waals surface area contributed by atoms with Gasteiger partial charge >= 0.3 is 0 Å². The van der Waals surface area contributed by atoms with Crippen LogP contribution in [0.15, 0.2) is 89.9 Å². The molecule has 14 heteroatoms. The van der Waals surface area contributed by atoms with E-state index in [4.69, 9.17) is 37.4 Å². The van der Waals surface area contributed by atoms with Crippen molar-refractivity contribution in [3.8, 4) is 5.75 Å². The van der Waals surface area contributed by atoms with Gasteiger partial charge in [-0.25, -0.2) is 19.3 Å². The number of hydrogen-bond acceptors (Lipinski definition) is 10. The van der Waals surface area contributed by atoms with E-state index in [0.717, 1.165) is 42.4 Å². The van der Waals surface area contributed by atoms with E-state index in [1.807, 2.05) is 25.2 Å². The highest BCUT2D eigenvalue weighted by atomic mass is 35.5. The number of aromatic nitrogens is 5. The molecular weight excluding hydrogens is 647 g/mol. The first kappa shape index (κ1) is 30.7. The summed E-state index contributed by atoms with van der Waals surface area (Å²) in [7, 11) is 1.90. The molecule has 0 spiro atoms. The predicted octanol–water partition coefficient (Wildman–Crippen LogP) is 5.29.